The largest absolute Gasteiger partial charge is 0.418 e. The summed E-state index contributed by atoms with van der Waals surface area (Å²) < 4.78 is 111. The van der Waals surface area contributed by atoms with Crippen molar-refractivity contribution in [3.8, 4) is 0 Å². The quantitative estimate of drug-likeness (QED) is 0.193. The molecule has 0 radical (unpaired) electrons. The summed E-state index contributed by atoms with van der Waals surface area (Å²) in [5, 5.41) is 4.90. The predicted octanol–water partition coefficient (Wildman–Crippen LogP) is 6.65. The summed E-state index contributed by atoms with van der Waals surface area (Å²) in [6, 6.07) is 4.22. The van der Waals surface area contributed by atoms with E-state index >= 15 is 0 Å². The van der Waals surface area contributed by atoms with E-state index in [1.807, 2.05) is 0 Å². The molecule has 1 atom stereocenters. The second-order valence-electron chi connectivity index (χ2n) is 9.52. The van der Waals surface area contributed by atoms with Crippen LogP contribution in [0.2, 0.25) is 5.02 Å². The van der Waals surface area contributed by atoms with Gasteiger partial charge in [-0.3, -0.25) is 4.79 Å². The zero-order valence-electron chi connectivity index (χ0n) is 21.0. The van der Waals surface area contributed by atoms with Gasteiger partial charge in [-0.25, -0.2) is 23.7 Å². The van der Waals surface area contributed by atoms with E-state index in [1.165, 1.54) is 6.07 Å². The number of benzene rings is 3. The molecular weight excluding hydrogens is 614 g/mol. The van der Waals surface area contributed by atoms with E-state index in [1.54, 1.807) is 0 Å². The van der Waals surface area contributed by atoms with Gasteiger partial charge in [-0.2, -0.15) is 26.3 Å². The summed E-state index contributed by atoms with van der Waals surface area (Å²) in [6.45, 7) is -1.59. The molecule has 0 bridgehead atoms. The van der Waals surface area contributed by atoms with Crippen molar-refractivity contribution in [3.05, 3.63) is 81.6 Å². The first-order chi connectivity index (χ1) is 20.1. The normalized spacial score (nSPS) is 15.3. The van der Waals surface area contributed by atoms with Gasteiger partial charge in [-0.1, -0.05) is 11.6 Å². The van der Waals surface area contributed by atoms with Gasteiger partial charge in [0.05, 0.1) is 28.2 Å². The summed E-state index contributed by atoms with van der Waals surface area (Å²) in [6.07, 6.45) is -8.99. The third-order valence-electron chi connectivity index (χ3n) is 6.77. The van der Waals surface area contributed by atoms with Crippen LogP contribution in [0.15, 0.2) is 42.7 Å². The van der Waals surface area contributed by atoms with Crippen molar-refractivity contribution >= 4 is 56.9 Å². The molecule has 17 heteroatoms. The molecule has 222 valence electrons. The highest BCUT2D eigenvalue weighted by molar-refractivity contribution is 6.31. The van der Waals surface area contributed by atoms with Gasteiger partial charge in [-0.15, -0.1) is 0 Å². The fourth-order valence-electron chi connectivity index (χ4n) is 5.09. The molecule has 0 spiro atoms. The highest BCUT2D eigenvalue weighted by Gasteiger charge is 2.39. The molecule has 0 aliphatic carbocycles. The molecule has 1 aliphatic heterocycles. The monoisotopic (exact) mass is 627 g/mol. The van der Waals surface area contributed by atoms with Crippen molar-refractivity contribution in [1.82, 2.24) is 24.8 Å². The number of nitrogen functional groups attached to an aromatic ring is 1. The number of hydrogen-bond acceptors (Lipinski definition) is 6. The van der Waals surface area contributed by atoms with E-state index in [-0.39, 0.29) is 50.3 Å². The van der Waals surface area contributed by atoms with Crippen molar-refractivity contribution < 1.29 is 39.9 Å². The number of nitrogens with zero attached hydrogens (tertiary/aromatic N) is 4. The molecule has 43 heavy (non-hydrogen) atoms. The van der Waals surface area contributed by atoms with Crippen LogP contribution in [-0.2, 0) is 12.7 Å². The highest BCUT2D eigenvalue weighted by Crippen LogP contribution is 2.45. The fraction of sp³-hybridized carbons (Fsp3) is 0.154. The number of nitrogens with two attached hydrogens (primary N) is 1. The SMILES string of the molecule is Nc1nc2c3c(c(Nc4ncnc5c(C(F)(F)F)cc(F)cc45)cc2n1CC(F)(F)F)C(c1cc(F)ccc1Cl)NC3=O. The van der Waals surface area contributed by atoms with Crippen LogP contribution in [0.5, 0.6) is 0 Å². The fourth-order valence-corrected chi connectivity index (χ4v) is 5.32. The van der Waals surface area contributed by atoms with Gasteiger partial charge in [-0.05, 0) is 36.4 Å². The van der Waals surface area contributed by atoms with Crippen LogP contribution in [0, 0.1) is 11.6 Å². The number of hydrogen-bond donors (Lipinski definition) is 3. The summed E-state index contributed by atoms with van der Waals surface area (Å²) >= 11 is 6.31. The number of fused-ring (bicyclic) bond motifs is 4. The number of halogens is 9. The minimum Gasteiger partial charge on any atom is -0.369 e. The first-order valence-electron chi connectivity index (χ1n) is 12.1. The van der Waals surface area contributed by atoms with Gasteiger partial charge >= 0.3 is 12.4 Å². The topological polar surface area (TPSA) is 111 Å². The second kappa shape index (κ2) is 9.65. The number of alkyl halides is 6. The van der Waals surface area contributed by atoms with E-state index in [9.17, 15) is 39.9 Å². The summed E-state index contributed by atoms with van der Waals surface area (Å²) in [5.74, 6) is -3.79. The molecule has 1 amide bonds. The Morgan fingerprint density at radius 2 is 1.74 bits per heavy atom. The Bertz CT molecular complexity index is 1970. The lowest BCUT2D eigenvalue weighted by molar-refractivity contribution is -0.139. The molecule has 1 aliphatic rings. The maximum Gasteiger partial charge on any atom is 0.418 e. The average molecular weight is 628 g/mol. The molecule has 8 nitrogen and oxygen atoms in total. The van der Waals surface area contributed by atoms with Crippen molar-refractivity contribution in [2.24, 2.45) is 0 Å². The minimum absolute atomic E-state index is 0.000804. The lowest BCUT2D eigenvalue weighted by Gasteiger charge is -2.19. The summed E-state index contributed by atoms with van der Waals surface area (Å²) in [4.78, 5) is 24.9. The van der Waals surface area contributed by atoms with Crippen LogP contribution in [0.4, 0.5) is 52.6 Å². The second-order valence-corrected chi connectivity index (χ2v) is 9.93. The molecule has 0 saturated carbocycles. The zero-order chi connectivity index (χ0) is 31.0. The van der Waals surface area contributed by atoms with Gasteiger partial charge in [0.15, 0.2) is 0 Å². The van der Waals surface area contributed by atoms with Gasteiger partial charge < -0.3 is 20.9 Å². The lowest BCUT2D eigenvalue weighted by atomic mass is 9.95. The van der Waals surface area contributed by atoms with Crippen molar-refractivity contribution in [1.29, 1.82) is 0 Å². The van der Waals surface area contributed by atoms with Gasteiger partial charge in [0.25, 0.3) is 5.91 Å². The Balaban J connectivity index is 1.64. The zero-order valence-corrected chi connectivity index (χ0v) is 21.8. The Morgan fingerprint density at radius 1 is 1.00 bits per heavy atom. The third kappa shape index (κ3) is 4.90. The molecular formula is C26H14ClF8N7O. The number of nitrogens with one attached hydrogen (secondary N) is 2. The first kappa shape index (κ1) is 28.4. The number of amides is 1. The van der Waals surface area contributed by atoms with E-state index in [0.29, 0.717) is 4.57 Å². The van der Waals surface area contributed by atoms with Crippen LogP contribution in [0.1, 0.15) is 33.1 Å². The molecule has 6 rings (SSSR count). The molecule has 5 aromatic rings. The third-order valence-corrected chi connectivity index (χ3v) is 7.12. The van der Waals surface area contributed by atoms with Gasteiger partial charge in [0, 0.05) is 27.2 Å². The molecule has 3 heterocycles. The van der Waals surface area contributed by atoms with Crippen molar-refractivity contribution in [2.75, 3.05) is 11.1 Å². The molecule has 2 aromatic heterocycles. The Labute approximate surface area is 239 Å². The van der Waals surface area contributed by atoms with E-state index in [0.717, 1.165) is 30.6 Å². The van der Waals surface area contributed by atoms with E-state index in [2.05, 4.69) is 25.6 Å². The molecule has 1 unspecified atom stereocenters. The Hall–Kier alpha value is -4.73. The predicted molar refractivity (Wildman–Crippen MR) is 139 cm³/mol. The maximum absolute atomic E-state index is 14.4. The number of carbonyl (C=O) groups is 1. The Morgan fingerprint density at radius 3 is 2.44 bits per heavy atom. The number of imidazole rings is 1. The Kier molecular flexibility index (Phi) is 6.37. The summed E-state index contributed by atoms with van der Waals surface area (Å²) in [7, 11) is 0. The number of anilines is 3. The van der Waals surface area contributed by atoms with Crippen LogP contribution in [-0.4, -0.2) is 31.6 Å². The number of rotatable bonds is 4. The van der Waals surface area contributed by atoms with Gasteiger partial charge in [0.2, 0.25) is 5.95 Å². The lowest BCUT2D eigenvalue weighted by Crippen LogP contribution is -2.20. The number of aromatic nitrogens is 4. The maximum atomic E-state index is 14.4. The molecule has 0 saturated heterocycles. The van der Waals surface area contributed by atoms with Crippen LogP contribution < -0.4 is 16.4 Å². The molecule has 3 aromatic carbocycles. The molecule has 0 fully saturated rings. The van der Waals surface area contributed by atoms with E-state index < -0.39 is 64.9 Å². The smallest absolute Gasteiger partial charge is 0.369 e. The van der Waals surface area contributed by atoms with Crippen LogP contribution in [0.25, 0.3) is 21.9 Å². The van der Waals surface area contributed by atoms with Crippen LogP contribution >= 0.6 is 11.6 Å². The van der Waals surface area contributed by atoms with E-state index in [4.69, 9.17) is 17.3 Å². The number of carbonyl (C=O) groups excluding carboxylic acids is 1. The minimum atomic E-state index is -5.00. The molecule has 4 N–H and O–H groups in total. The average Bonchev–Trinajstić information content (AvgIpc) is 3.40. The van der Waals surface area contributed by atoms with Gasteiger partial charge in [0.1, 0.15) is 35.8 Å². The standard InChI is InChI=1S/C26H14ClF8N7O/c27-14-2-1-9(28)3-11(14)20-17-15(39-22-12-4-10(29)5-13(26(33,34)35)19(12)37-8-38-22)6-16-21(18(17)23(43)40-20)41-24(36)42(16)7-25(30,31)32/h1-6,8,20H,7H2,(H2,36,41)(H,40,43)(H,37,38,39). The van der Waals surface area contributed by atoms with Crippen molar-refractivity contribution in [3.63, 3.8) is 0 Å². The van der Waals surface area contributed by atoms with Crippen molar-refractivity contribution in [2.45, 2.75) is 24.9 Å². The summed E-state index contributed by atoms with van der Waals surface area (Å²) in [5.41, 5.74) is 2.88. The first-order valence-corrected chi connectivity index (χ1v) is 12.4. The highest BCUT2D eigenvalue weighted by atomic mass is 35.5. The van der Waals surface area contributed by atoms with Crippen LogP contribution in [0.3, 0.4) is 0 Å².